The Morgan fingerprint density at radius 1 is 0.837 bits per heavy atom. The Morgan fingerprint density at radius 3 is 2.07 bits per heavy atom. The van der Waals surface area contributed by atoms with E-state index >= 15 is 0 Å². The lowest BCUT2D eigenvalue weighted by Crippen LogP contribution is -2.13. The Morgan fingerprint density at radius 2 is 1.47 bits per heavy atom. The van der Waals surface area contributed by atoms with Crippen molar-refractivity contribution in [3.63, 3.8) is 0 Å². The number of aromatic nitrogens is 3. The molecule has 0 aliphatic heterocycles. The monoisotopic (exact) mass is 600 g/mol. The molecule has 2 heterocycles. The molecule has 4 aromatic rings. The summed E-state index contributed by atoms with van der Waals surface area (Å²) in [6.45, 7) is 13.1. The minimum atomic E-state index is -3.87. The van der Waals surface area contributed by atoms with Crippen LogP contribution in [0.4, 0.5) is 4.39 Å². The van der Waals surface area contributed by atoms with Crippen LogP contribution >= 0.6 is 11.3 Å². The molecule has 6 nitrogen and oxygen atoms in total. The fraction of sp³-hybridized carbons (Fsp3) is 0. The van der Waals surface area contributed by atoms with Gasteiger partial charge in [-0.1, -0.05) is 54.1 Å². The molecule has 43 heavy (non-hydrogen) atoms. The molecule has 2 aromatic carbocycles. The van der Waals surface area contributed by atoms with Crippen LogP contribution in [0.1, 0.15) is 0 Å². The third kappa shape index (κ3) is 11.1. The van der Waals surface area contributed by atoms with E-state index in [1.807, 2.05) is 30.3 Å². The van der Waals surface area contributed by atoms with Crippen molar-refractivity contribution in [1.82, 2.24) is 14.2 Å². The summed E-state index contributed by atoms with van der Waals surface area (Å²) in [7, 11) is -3.87. The van der Waals surface area contributed by atoms with Crippen molar-refractivity contribution in [3.05, 3.63) is 169 Å². The average Bonchev–Trinajstić information content (AvgIpc) is 3.72. The molecule has 0 unspecified atom stereocenters. The van der Waals surface area contributed by atoms with E-state index in [-0.39, 0.29) is 4.90 Å². The summed E-state index contributed by atoms with van der Waals surface area (Å²) in [4.78, 5) is 8.63. The SMILES string of the molecule is C=C=C=C=C=C=C=C=C.C=C=C=C=NC=C=C.O=S(=O)(c1ccc(F)cc1)n1ccc(-c2cnc(-c3ccccc3)s2)n1. The standard InChI is InChI=1S/C18H12FN3O2S2.C9H4.C7H5N/c19-14-6-8-15(9-7-14)26(23,24)22-11-10-16(21-22)17-12-20-18(25-17)13-4-2-1-3-5-13;1-3-5-7-9-8-6-4-2;1-3-5-7-8-6-4-2/h1-12H;1-2H2;6H,1-2H2. The molecule has 0 radical (unpaired) electrons. The molecule has 208 valence electrons. The van der Waals surface area contributed by atoms with Crippen molar-refractivity contribution >= 4 is 27.2 Å². The Bertz CT molecular complexity index is 2080. The first-order valence-corrected chi connectivity index (χ1v) is 14.1. The molecule has 0 aliphatic carbocycles. The second-order valence-corrected chi connectivity index (χ2v) is 10.1. The predicted molar refractivity (Wildman–Crippen MR) is 167 cm³/mol. The maximum absolute atomic E-state index is 13.0. The van der Waals surface area contributed by atoms with Gasteiger partial charge >= 0.3 is 0 Å². The lowest BCUT2D eigenvalue weighted by molar-refractivity contribution is 0.579. The minimum Gasteiger partial charge on any atom is -0.244 e. The third-order valence-electron chi connectivity index (χ3n) is 4.49. The lowest BCUT2D eigenvalue weighted by atomic mass is 10.2. The molecule has 2 aromatic heterocycles. The van der Waals surface area contributed by atoms with Crippen LogP contribution in [-0.4, -0.2) is 28.5 Å². The average molecular weight is 601 g/mol. The largest absolute Gasteiger partial charge is 0.282 e. The van der Waals surface area contributed by atoms with Crippen LogP contribution in [0.3, 0.4) is 0 Å². The number of hydrogen-bond donors (Lipinski definition) is 0. The van der Waals surface area contributed by atoms with E-state index < -0.39 is 15.8 Å². The third-order valence-corrected chi connectivity index (χ3v) is 7.13. The van der Waals surface area contributed by atoms with E-state index in [0.29, 0.717) is 5.69 Å². The van der Waals surface area contributed by atoms with Crippen molar-refractivity contribution in [3.8, 4) is 21.1 Å². The molecule has 0 N–H and O–H groups in total. The van der Waals surface area contributed by atoms with Gasteiger partial charge in [-0.3, -0.25) is 0 Å². The van der Waals surface area contributed by atoms with Crippen molar-refractivity contribution in [1.29, 1.82) is 0 Å². The molecule has 0 saturated carbocycles. The van der Waals surface area contributed by atoms with Crippen LogP contribution in [-0.2, 0) is 10.0 Å². The highest BCUT2D eigenvalue weighted by Gasteiger charge is 2.19. The molecule has 0 fully saturated rings. The fourth-order valence-electron chi connectivity index (χ4n) is 2.73. The summed E-state index contributed by atoms with van der Waals surface area (Å²) in [5.41, 5.74) is 25.7. The summed E-state index contributed by atoms with van der Waals surface area (Å²) < 4.78 is 39.1. The number of aliphatic imine (C=N–C) groups is 1. The fourth-order valence-corrected chi connectivity index (χ4v) is 4.72. The van der Waals surface area contributed by atoms with Gasteiger partial charge in [0.1, 0.15) is 16.5 Å². The van der Waals surface area contributed by atoms with Gasteiger partial charge in [-0.2, -0.15) is 22.6 Å². The normalized spacial score (nSPS) is 8.58. The zero-order chi connectivity index (χ0) is 31.3. The number of benzene rings is 2. The van der Waals surface area contributed by atoms with E-state index in [1.165, 1.54) is 35.9 Å². The summed E-state index contributed by atoms with van der Waals surface area (Å²) in [6, 6.07) is 16.0. The van der Waals surface area contributed by atoms with Gasteiger partial charge in [0.15, 0.2) is 0 Å². The zero-order valence-electron chi connectivity index (χ0n) is 22.6. The summed E-state index contributed by atoms with van der Waals surface area (Å²) in [5.74, 6) is 1.88. The van der Waals surface area contributed by atoms with Gasteiger partial charge in [-0.15, -0.1) is 17.1 Å². The van der Waals surface area contributed by atoms with Gasteiger partial charge in [0.2, 0.25) is 0 Å². The van der Waals surface area contributed by atoms with Crippen LogP contribution in [0.15, 0.2) is 173 Å². The Kier molecular flexibility index (Phi) is 14.1. The minimum absolute atomic E-state index is 0.0252. The molecular formula is C34H21FN4O2S2. The molecule has 4 rings (SSSR count). The van der Waals surface area contributed by atoms with Crippen LogP contribution in [0.25, 0.3) is 21.1 Å². The van der Waals surface area contributed by atoms with E-state index in [0.717, 1.165) is 31.7 Å². The number of hydrogen-bond acceptors (Lipinski definition) is 6. The Balaban J connectivity index is 0.000000314. The molecule has 0 spiro atoms. The van der Waals surface area contributed by atoms with Crippen LogP contribution in [0.5, 0.6) is 0 Å². The first kappa shape index (κ1) is 33.1. The molecule has 0 bridgehead atoms. The van der Waals surface area contributed by atoms with Gasteiger partial charge in [-0.25, -0.2) is 9.37 Å². The van der Waals surface area contributed by atoms with Gasteiger partial charge in [0, 0.05) is 29.6 Å². The number of nitrogens with zero attached hydrogens (tertiary/aromatic N) is 4. The maximum atomic E-state index is 13.0. The van der Waals surface area contributed by atoms with Gasteiger partial charge in [-0.05, 0) is 78.7 Å². The quantitative estimate of drug-likeness (QED) is 0.177. The first-order chi connectivity index (χ1) is 20.9. The lowest BCUT2D eigenvalue weighted by Gasteiger charge is -2.03. The van der Waals surface area contributed by atoms with E-state index in [1.54, 1.807) is 12.3 Å². The number of thiazole rings is 1. The summed E-state index contributed by atoms with van der Waals surface area (Å²) >= 11 is 1.43. The number of halogens is 1. The molecule has 0 aliphatic rings. The smallest absolute Gasteiger partial charge is 0.244 e. The summed E-state index contributed by atoms with van der Waals surface area (Å²) in [5, 5.41) is 4.99. The zero-order valence-corrected chi connectivity index (χ0v) is 24.3. The highest BCUT2D eigenvalue weighted by Crippen LogP contribution is 2.31. The Hall–Kier alpha value is -6.11. The predicted octanol–water partition coefficient (Wildman–Crippen LogP) is 7.39. The van der Waals surface area contributed by atoms with E-state index in [4.69, 9.17) is 0 Å². The van der Waals surface area contributed by atoms with E-state index in [2.05, 4.69) is 105 Å². The first-order valence-electron chi connectivity index (χ1n) is 11.8. The van der Waals surface area contributed by atoms with Crippen LogP contribution in [0, 0.1) is 5.82 Å². The molecule has 0 amide bonds. The van der Waals surface area contributed by atoms with Gasteiger partial charge in [0.25, 0.3) is 10.0 Å². The number of rotatable bonds is 5. The van der Waals surface area contributed by atoms with Crippen molar-refractivity contribution in [2.24, 2.45) is 4.99 Å². The molecule has 9 heteroatoms. The second kappa shape index (κ2) is 18.3. The van der Waals surface area contributed by atoms with E-state index in [9.17, 15) is 12.8 Å². The maximum Gasteiger partial charge on any atom is 0.282 e. The van der Waals surface area contributed by atoms with Gasteiger partial charge in [0.05, 0.1) is 16.0 Å². The van der Waals surface area contributed by atoms with Crippen molar-refractivity contribution in [2.75, 3.05) is 0 Å². The molecule has 0 atom stereocenters. The highest BCUT2D eigenvalue weighted by atomic mass is 32.2. The molecular weight excluding hydrogens is 580 g/mol. The van der Waals surface area contributed by atoms with Gasteiger partial charge < -0.3 is 0 Å². The molecule has 0 saturated heterocycles. The second-order valence-electron chi connectivity index (χ2n) is 7.28. The highest BCUT2D eigenvalue weighted by molar-refractivity contribution is 7.89. The van der Waals surface area contributed by atoms with Crippen LogP contribution in [0.2, 0.25) is 0 Å². The topological polar surface area (TPSA) is 77.2 Å². The Labute approximate surface area is 253 Å². The van der Waals surface area contributed by atoms with Crippen molar-refractivity contribution < 1.29 is 12.8 Å². The summed E-state index contributed by atoms with van der Waals surface area (Å²) in [6.07, 6.45) is 4.42. The van der Waals surface area contributed by atoms with Crippen molar-refractivity contribution in [2.45, 2.75) is 4.90 Å². The van der Waals surface area contributed by atoms with Crippen LogP contribution < -0.4 is 0 Å².